The maximum atomic E-state index is 14.0. The molecule has 0 fully saturated rings. The first-order valence-electron chi connectivity index (χ1n) is 10.9. The van der Waals surface area contributed by atoms with Crippen molar-refractivity contribution < 1.29 is 19.1 Å². The number of hydrogen-bond donors (Lipinski definition) is 4. The molecule has 0 bridgehead atoms. The summed E-state index contributed by atoms with van der Waals surface area (Å²) >= 11 is 0. The van der Waals surface area contributed by atoms with E-state index in [1.165, 1.54) is 12.1 Å². The second-order valence-electron chi connectivity index (χ2n) is 7.43. The molecule has 176 valence electrons. The van der Waals surface area contributed by atoms with Gasteiger partial charge in [0, 0.05) is 11.9 Å². The molecule has 0 atom stereocenters. The van der Waals surface area contributed by atoms with Crippen LogP contribution in [0.15, 0.2) is 23.6 Å². The van der Waals surface area contributed by atoms with Crippen molar-refractivity contribution in [2.24, 2.45) is 0 Å². The predicted molar refractivity (Wildman–Crippen MR) is 124 cm³/mol. The van der Waals surface area contributed by atoms with Crippen LogP contribution in [0.2, 0.25) is 0 Å². The lowest BCUT2D eigenvalue weighted by atomic mass is 9.92. The molecule has 4 N–H and O–H groups in total. The van der Waals surface area contributed by atoms with E-state index in [1.807, 2.05) is 48.5 Å². The fourth-order valence-corrected chi connectivity index (χ4v) is 2.76. The Balaban J connectivity index is 0.00000436. The van der Waals surface area contributed by atoms with Gasteiger partial charge >= 0.3 is 6.03 Å². The van der Waals surface area contributed by atoms with Crippen LogP contribution in [-0.4, -0.2) is 29.2 Å². The van der Waals surface area contributed by atoms with E-state index < -0.39 is 6.03 Å². The molecule has 0 spiro atoms. The molecule has 7 nitrogen and oxygen atoms in total. The monoisotopic (exact) mass is 438 g/mol. The van der Waals surface area contributed by atoms with Crippen LogP contribution in [0.4, 0.5) is 14.9 Å². The molecule has 1 aromatic rings. The number of hydroxylamine groups is 1. The molecule has 0 aliphatic carbocycles. The van der Waals surface area contributed by atoms with Crippen molar-refractivity contribution >= 4 is 17.9 Å². The number of carbonyl (C=O) groups excluding carboxylic acids is 1. The van der Waals surface area contributed by atoms with Crippen LogP contribution in [0.1, 0.15) is 91.2 Å². The topological polar surface area (TPSA) is 97.7 Å². The number of hydrogen-bond acceptors (Lipinski definition) is 5. The van der Waals surface area contributed by atoms with Crippen LogP contribution in [0.25, 0.3) is 0 Å². The van der Waals surface area contributed by atoms with Crippen LogP contribution in [-0.2, 0) is 4.74 Å². The summed E-state index contributed by atoms with van der Waals surface area (Å²) in [5, 5.41) is 20.8. The lowest BCUT2D eigenvalue weighted by Gasteiger charge is -2.23. The Bertz CT molecular complexity index is 719. The first kappa shape index (κ1) is 28.4. The highest BCUT2D eigenvalue weighted by Crippen LogP contribution is 2.33. The summed E-state index contributed by atoms with van der Waals surface area (Å²) in [5.74, 6) is -0.0882. The molecular weight excluding hydrogens is 399 g/mol. The highest BCUT2D eigenvalue weighted by molar-refractivity contribution is 5.91. The number of unbranched alkanes of at least 4 members (excludes halogenated alkanes) is 1. The largest absolute Gasteiger partial charge is 0.496 e. The van der Waals surface area contributed by atoms with E-state index in [0.29, 0.717) is 34.4 Å². The molecule has 0 saturated carbocycles. The van der Waals surface area contributed by atoms with Gasteiger partial charge in [0.05, 0.1) is 6.61 Å². The Labute approximate surface area is 186 Å². The summed E-state index contributed by atoms with van der Waals surface area (Å²) in [6.07, 6.45) is 2.67. The van der Waals surface area contributed by atoms with Gasteiger partial charge < -0.3 is 15.5 Å². The second kappa shape index (κ2) is 14.4. The second-order valence-corrected chi connectivity index (χ2v) is 7.43. The number of anilines is 1. The Morgan fingerprint density at radius 3 is 2.16 bits per heavy atom. The summed E-state index contributed by atoms with van der Waals surface area (Å²) in [4.78, 5) is 12.5. The number of nitrogens with one attached hydrogen (secondary N) is 3. The summed E-state index contributed by atoms with van der Waals surface area (Å²) in [6, 6.07) is 2.08. The molecule has 1 aromatic carbocycles. The SMILES string of the molecule is CC.CCCCO/C(C)=C(/C=N)N(O)NC(=O)Nc1c(C(C)C)cc(F)cc1C(C)C. The molecule has 0 heterocycles. The maximum Gasteiger partial charge on any atom is 0.339 e. The number of hydrazine groups is 1. The average Bonchev–Trinajstić information content (AvgIpc) is 2.70. The predicted octanol–water partition coefficient (Wildman–Crippen LogP) is 6.52. The summed E-state index contributed by atoms with van der Waals surface area (Å²) < 4.78 is 19.5. The van der Waals surface area contributed by atoms with Crippen molar-refractivity contribution in [3.63, 3.8) is 0 Å². The highest BCUT2D eigenvalue weighted by Gasteiger charge is 2.20. The van der Waals surface area contributed by atoms with Crippen LogP contribution in [0.5, 0.6) is 0 Å². The third kappa shape index (κ3) is 8.96. The van der Waals surface area contributed by atoms with Gasteiger partial charge in [-0.2, -0.15) is 5.17 Å². The molecule has 0 aromatic heterocycles. The molecule has 31 heavy (non-hydrogen) atoms. The summed E-state index contributed by atoms with van der Waals surface area (Å²) in [6.45, 7) is 15.7. The lowest BCUT2D eigenvalue weighted by Crippen LogP contribution is -2.43. The number of halogens is 1. The molecule has 1 rings (SSSR count). The van der Waals surface area contributed by atoms with E-state index >= 15 is 0 Å². The quantitative estimate of drug-likeness (QED) is 0.145. The van der Waals surface area contributed by atoms with Crippen molar-refractivity contribution in [1.82, 2.24) is 10.6 Å². The summed E-state index contributed by atoms with van der Waals surface area (Å²) in [5.41, 5.74) is 4.09. The number of rotatable bonds is 10. The van der Waals surface area contributed by atoms with Gasteiger partial charge in [-0.05, 0) is 48.4 Å². The fourth-order valence-electron chi connectivity index (χ4n) is 2.76. The van der Waals surface area contributed by atoms with Gasteiger partial charge in [0.25, 0.3) is 0 Å². The molecule has 0 aliphatic rings. The van der Waals surface area contributed by atoms with Crippen LogP contribution >= 0.6 is 0 Å². The maximum absolute atomic E-state index is 14.0. The summed E-state index contributed by atoms with van der Waals surface area (Å²) in [7, 11) is 0. The molecule has 8 heteroatoms. The molecule has 0 radical (unpaired) electrons. The normalized spacial score (nSPS) is 11.4. The van der Waals surface area contributed by atoms with Crippen molar-refractivity contribution in [3.8, 4) is 0 Å². The van der Waals surface area contributed by atoms with Crippen LogP contribution in [0.3, 0.4) is 0 Å². The Morgan fingerprint density at radius 1 is 1.23 bits per heavy atom. The lowest BCUT2D eigenvalue weighted by molar-refractivity contribution is -0.0840. The van der Waals surface area contributed by atoms with Crippen molar-refractivity contribution in [2.75, 3.05) is 11.9 Å². The first-order valence-corrected chi connectivity index (χ1v) is 10.9. The molecule has 0 saturated heterocycles. The van der Waals surface area contributed by atoms with Crippen molar-refractivity contribution in [3.05, 3.63) is 40.5 Å². The zero-order valence-corrected chi connectivity index (χ0v) is 20.1. The average molecular weight is 439 g/mol. The molecule has 2 amide bonds. The van der Waals surface area contributed by atoms with Gasteiger partial charge in [0.1, 0.15) is 17.3 Å². The third-order valence-corrected chi connectivity index (χ3v) is 4.40. The van der Waals surface area contributed by atoms with Gasteiger partial charge in [-0.1, -0.05) is 54.9 Å². The van der Waals surface area contributed by atoms with E-state index in [4.69, 9.17) is 10.1 Å². The minimum Gasteiger partial charge on any atom is -0.496 e. The minimum absolute atomic E-state index is 0.00326. The van der Waals surface area contributed by atoms with Crippen molar-refractivity contribution in [1.29, 1.82) is 5.41 Å². The van der Waals surface area contributed by atoms with E-state index in [2.05, 4.69) is 10.7 Å². The molecule has 0 aliphatic heterocycles. The number of carbonyl (C=O) groups is 1. The number of ether oxygens (including phenoxy) is 1. The number of allylic oxidation sites excluding steroid dienone is 2. The standard InChI is InChI=1S/C21H33FN4O3.C2H6/c1-7-8-9-29-15(6)19(12-23)26(28)25-21(27)24-20-17(13(2)3)10-16(22)11-18(20)14(4)5;1-2/h10-14,23,28H,7-9H2,1-6H3,(H2,24,25,27);1-2H3/b19-15-,23-12?;. The number of amides is 2. The number of urea groups is 1. The van der Waals surface area contributed by atoms with Gasteiger partial charge in [-0.15, -0.1) is 0 Å². The van der Waals surface area contributed by atoms with E-state index in [0.717, 1.165) is 19.1 Å². The molecule has 0 unspecified atom stereocenters. The van der Waals surface area contributed by atoms with Crippen molar-refractivity contribution in [2.45, 2.75) is 80.1 Å². The zero-order valence-electron chi connectivity index (χ0n) is 20.1. The third-order valence-electron chi connectivity index (χ3n) is 4.40. The number of benzene rings is 1. The van der Waals surface area contributed by atoms with E-state index in [9.17, 15) is 14.4 Å². The van der Waals surface area contributed by atoms with Gasteiger partial charge in [0.15, 0.2) is 0 Å². The Morgan fingerprint density at radius 2 is 1.74 bits per heavy atom. The zero-order chi connectivity index (χ0) is 24.1. The Kier molecular flexibility index (Phi) is 13.2. The van der Waals surface area contributed by atoms with Gasteiger partial charge in [-0.25, -0.2) is 14.6 Å². The smallest absolute Gasteiger partial charge is 0.339 e. The first-order chi connectivity index (χ1) is 14.6. The number of nitrogens with zero attached hydrogens (tertiary/aromatic N) is 1. The van der Waals surface area contributed by atoms with Crippen LogP contribution < -0.4 is 10.7 Å². The van der Waals surface area contributed by atoms with E-state index in [-0.39, 0.29) is 23.4 Å². The van der Waals surface area contributed by atoms with Crippen LogP contribution in [0, 0.1) is 11.2 Å². The minimum atomic E-state index is -0.719. The van der Waals surface area contributed by atoms with Gasteiger partial charge in [-0.3, -0.25) is 5.21 Å². The molecular formula is C23H39FN4O3. The Hall–Kier alpha value is -2.61. The fraction of sp³-hybridized carbons (Fsp3) is 0.565. The highest BCUT2D eigenvalue weighted by atomic mass is 19.1. The van der Waals surface area contributed by atoms with Gasteiger partial charge in [0.2, 0.25) is 0 Å². The van der Waals surface area contributed by atoms with E-state index in [1.54, 1.807) is 6.92 Å².